The first kappa shape index (κ1) is 20.4. The molecule has 0 unspecified atom stereocenters. The highest BCUT2D eigenvalue weighted by Crippen LogP contribution is 2.26. The lowest BCUT2D eigenvalue weighted by atomic mass is 9.97. The van der Waals surface area contributed by atoms with E-state index in [-0.39, 0.29) is 0 Å². The van der Waals surface area contributed by atoms with Crippen LogP contribution in [0.15, 0.2) is 40.3 Å². The van der Waals surface area contributed by atoms with Crippen LogP contribution < -0.4 is 15.5 Å². The number of oxazole rings is 1. The first-order chi connectivity index (χ1) is 14.7. The van der Waals surface area contributed by atoms with Crippen molar-refractivity contribution in [2.45, 2.75) is 44.9 Å². The largest absolute Gasteiger partial charge is 0.423 e. The van der Waals surface area contributed by atoms with Gasteiger partial charge >= 0.3 is 11.8 Å². The highest BCUT2D eigenvalue weighted by Gasteiger charge is 2.24. The van der Waals surface area contributed by atoms with E-state index in [1.54, 1.807) is 0 Å². The third kappa shape index (κ3) is 5.20. The summed E-state index contributed by atoms with van der Waals surface area (Å²) >= 11 is 0. The second kappa shape index (κ2) is 9.78. The van der Waals surface area contributed by atoms with Gasteiger partial charge in [0.2, 0.25) is 0 Å². The van der Waals surface area contributed by atoms with Crippen LogP contribution in [0.1, 0.15) is 44.9 Å². The van der Waals surface area contributed by atoms with Gasteiger partial charge in [-0.1, -0.05) is 23.8 Å². The third-order valence-corrected chi connectivity index (χ3v) is 6.04. The van der Waals surface area contributed by atoms with Crippen LogP contribution in [-0.2, 0) is 9.59 Å². The van der Waals surface area contributed by atoms with E-state index in [1.807, 2.05) is 24.3 Å². The van der Waals surface area contributed by atoms with Crippen molar-refractivity contribution in [1.82, 2.24) is 15.6 Å². The molecule has 2 N–H and O–H groups in total. The Morgan fingerprint density at radius 1 is 1.10 bits per heavy atom. The molecule has 7 heteroatoms. The molecule has 2 aliphatic rings. The van der Waals surface area contributed by atoms with E-state index in [0.717, 1.165) is 56.3 Å². The molecule has 1 saturated heterocycles. The van der Waals surface area contributed by atoms with E-state index >= 15 is 0 Å². The van der Waals surface area contributed by atoms with Crippen molar-refractivity contribution in [3.8, 4) is 0 Å². The minimum Gasteiger partial charge on any atom is -0.423 e. The predicted octanol–water partition coefficient (Wildman–Crippen LogP) is 3.17. The lowest BCUT2D eigenvalue weighted by Gasteiger charge is -2.30. The van der Waals surface area contributed by atoms with Crippen molar-refractivity contribution >= 4 is 28.9 Å². The van der Waals surface area contributed by atoms with Crippen molar-refractivity contribution in [3.05, 3.63) is 35.9 Å². The van der Waals surface area contributed by atoms with Gasteiger partial charge in [0.05, 0.1) is 0 Å². The summed E-state index contributed by atoms with van der Waals surface area (Å²) in [4.78, 5) is 30.8. The van der Waals surface area contributed by atoms with Crippen LogP contribution in [0.5, 0.6) is 0 Å². The van der Waals surface area contributed by atoms with Gasteiger partial charge in [0.1, 0.15) is 5.52 Å². The molecule has 1 aliphatic heterocycles. The number of piperidine rings is 1. The molecule has 30 heavy (non-hydrogen) atoms. The van der Waals surface area contributed by atoms with Crippen LogP contribution in [0.4, 0.5) is 6.01 Å². The van der Waals surface area contributed by atoms with E-state index in [0.29, 0.717) is 25.0 Å². The number of carbonyl (C=O) groups is 2. The fraction of sp³-hybridized carbons (Fsp3) is 0.522. The zero-order valence-electron chi connectivity index (χ0n) is 17.4. The molecule has 0 radical (unpaired) electrons. The number of nitrogens with zero attached hydrogens (tertiary/aromatic N) is 2. The normalized spacial score (nSPS) is 17.6. The number of allylic oxidation sites excluding steroid dienone is 1. The fourth-order valence-electron chi connectivity index (χ4n) is 4.19. The van der Waals surface area contributed by atoms with Crippen molar-refractivity contribution in [2.75, 3.05) is 31.1 Å². The summed E-state index contributed by atoms with van der Waals surface area (Å²) in [6.07, 6.45) is 9.69. The molecule has 2 aromatic rings. The Morgan fingerprint density at radius 3 is 2.67 bits per heavy atom. The molecule has 4 rings (SSSR count). The fourth-order valence-corrected chi connectivity index (χ4v) is 4.19. The summed E-state index contributed by atoms with van der Waals surface area (Å²) in [6.45, 7) is 2.71. The summed E-state index contributed by atoms with van der Waals surface area (Å²) < 4.78 is 5.84. The molecule has 0 bridgehead atoms. The zero-order valence-corrected chi connectivity index (χ0v) is 17.4. The van der Waals surface area contributed by atoms with Gasteiger partial charge in [0.25, 0.3) is 6.01 Å². The molecular weight excluding hydrogens is 380 g/mol. The maximum atomic E-state index is 12.1. The Kier molecular flexibility index (Phi) is 6.67. The van der Waals surface area contributed by atoms with E-state index in [9.17, 15) is 9.59 Å². The average molecular weight is 411 g/mol. The van der Waals surface area contributed by atoms with Crippen LogP contribution in [0.2, 0.25) is 0 Å². The van der Waals surface area contributed by atoms with Crippen LogP contribution in [0, 0.1) is 5.92 Å². The van der Waals surface area contributed by atoms with Crippen LogP contribution in [0.3, 0.4) is 0 Å². The summed E-state index contributed by atoms with van der Waals surface area (Å²) in [7, 11) is 0. The lowest BCUT2D eigenvalue weighted by molar-refractivity contribution is -0.139. The van der Waals surface area contributed by atoms with Crippen molar-refractivity contribution in [1.29, 1.82) is 0 Å². The maximum absolute atomic E-state index is 12.1. The van der Waals surface area contributed by atoms with Crippen molar-refractivity contribution in [2.24, 2.45) is 5.92 Å². The number of para-hydroxylation sites is 2. The van der Waals surface area contributed by atoms with Gasteiger partial charge in [-0.15, -0.1) is 0 Å². The lowest BCUT2D eigenvalue weighted by Crippen LogP contribution is -2.44. The number of hydrogen-bond acceptors (Lipinski definition) is 5. The average Bonchev–Trinajstić information content (AvgIpc) is 3.23. The molecule has 1 fully saturated rings. The van der Waals surface area contributed by atoms with Crippen LogP contribution in [0.25, 0.3) is 11.1 Å². The number of benzene rings is 1. The monoisotopic (exact) mass is 410 g/mol. The number of amides is 2. The Balaban J connectivity index is 1.15. The highest BCUT2D eigenvalue weighted by molar-refractivity contribution is 6.35. The van der Waals surface area contributed by atoms with E-state index in [2.05, 4.69) is 26.6 Å². The standard InChI is InChI=1S/C23H30N4O3/c28-21(24-13-10-17-6-2-1-3-7-17)22(29)25-16-18-11-14-27(15-12-18)23-26-19-8-4-5-9-20(19)30-23/h4-6,8-9,18H,1-3,7,10-16H2,(H,24,28)(H,25,29). The second-order valence-electron chi connectivity index (χ2n) is 8.22. The highest BCUT2D eigenvalue weighted by atomic mass is 16.4. The number of aromatic nitrogens is 1. The topological polar surface area (TPSA) is 87.5 Å². The van der Waals surface area contributed by atoms with Gasteiger partial charge in [0, 0.05) is 26.2 Å². The number of hydrogen-bond donors (Lipinski definition) is 2. The summed E-state index contributed by atoms with van der Waals surface area (Å²) in [5.74, 6) is -0.709. The third-order valence-electron chi connectivity index (χ3n) is 6.04. The number of fused-ring (bicyclic) bond motifs is 1. The van der Waals surface area contributed by atoms with Crippen LogP contribution in [-0.4, -0.2) is 43.0 Å². The molecule has 1 aliphatic carbocycles. The quantitative estimate of drug-likeness (QED) is 0.564. The van der Waals surface area contributed by atoms with Crippen molar-refractivity contribution < 1.29 is 14.0 Å². The minimum absolute atomic E-state index is 0.356. The first-order valence-corrected chi connectivity index (χ1v) is 11.0. The summed E-state index contributed by atoms with van der Waals surface area (Å²) in [5.41, 5.74) is 3.06. The van der Waals surface area contributed by atoms with Crippen molar-refractivity contribution in [3.63, 3.8) is 0 Å². The molecular formula is C23H30N4O3. The maximum Gasteiger partial charge on any atom is 0.309 e. The van der Waals surface area contributed by atoms with Gasteiger partial charge in [-0.3, -0.25) is 9.59 Å². The Morgan fingerprint density at radius 2 is 1.90 bits per heavy atom. The van der Waals surface area contributed by atoms with E-state index in [1.165, 1.54) is 18.4 Å². The molecule has 0 saturated carbocycles. The molecule has 7 nitrogen and oxygen atoms in total. The predicted molar refractivity (Wildman–Crippen MR) is 116 cm³/mol. The zero-order chi connectivity index (χ0) is 20.8. The SMILES string of the molecule is O=C(NCCC1=CCCCC1)C(=O)NCC1CCN(c2nc3ccccc3o2)CC1. The molecule has 1 aromatic carbocycles. The van der Waals surface area contributed by atoms with Gasteiger partial charge < -0.3 is 20.0 Å². The Labute approximate surface area is 176 Å². The molecule has 0 atom stereocenters. The molecule has 2 heterocycles. The van der Waals surface area contributed by atoms with Gasteiger partial charge in [0.15, 0.2) is 5.58 Å². The van der Waals surface area contributed by atoms with Gasteiger partial charge in [-0.05, 0) is 63.0 Å². The number of carbonyl (C=O) groups excluding carboxylic acids is 2. The van der Waals surface area contributed by atoms with Gasteiger partial charge in [-0.2, -0.15) is 4.98 Å². The smallest absolute Gasteiger partial charge is 0.309 e. The first-order valence-electron chi connectivity index (χ1n) is 11.0. The van der Waals surface area contributed by atoms with Crippen LogP contribution >= 0.6 is 0 Å². The van der Waals surface area contributed by atoms with Gasteiger partial charge in [-0.25, -0.2) is 0 Å². The Bertz CT molecular complexity index is 879. The minimum atomic E-state index is -0.533. The molecule has 0 spiro atoms. The van der Waals surface area contributed by atoms with E-state index in [4.69, 9.17) is 4.42 Å². The second-order valence-corrected chi connectivity index (χ2v) is 8.22. The summed E-state index contributed by atoms with van der Waals surface area (Å²) in [6, 6.07) is 8.42. The number of rotatable bonds is 6. The number of nitrogens with one attached hydrogen (secondary N) is 2. The molecule has 160 valence electrons. The molecule has 1 aromatic heterocycles. The number of anilines is 1. The molecule has 2 amide bonds. The van der Waals surface area contributed by atoms with E-state index < -0.39 is 11.8 Å². The summed E-state index contributed by atoms with van der Waals surface area (Å²) in [5, 5.41) is 5.53. The Hall–Kier alpha value is -2.83.